The molecule has 0 fully saturated rings. The van der Waals surface area contributed by atoms with E-state index < -0.39 is 7.32 Å². The summed E-state index contributed by atoms with van der Waals surface area (Å²) in [4.78, 5) is 0. The second kappa shape index (κ2) is 8.68. The van der Waals surface area contributed by atoms with E-state index in [1.54, 1.807) is 0 Å². The van der Waals surface area contributed by atoms with Crippen molar-refractivity contribution in [3.05, 3.63) is 91.0 Å². The first kappa shape index (κ1) is 19.6. The molecule has 0 saturated carbocycles. The normalized spacial score (nSPS) is 10.8. The van der Waals surface area contributed by atoms with Crippen LogP contribution in [0.3, 0.4) is 0 Å². The Morgan fingerprint density at radius 3 is 1.75 bits per heavy atom. The van der Waals surface area contributed by atoms with Crippen LogP contribution in [-0.2, 0) is 0 Å². The first-order valence-electron chi connectivity index (χ1n) is 9.14. The maximum absolute atomic E-state index is 6.19. The van der Waals surface area contributed by atoms with E-state index in [-0.39, 0.29) is 0 Å². The molecule has 0 aliphatic rings. The molecule has 3 rings (SSSR count). The Kier molecular flexibility index (Phi) is 6.07. The van der Waals surface area contributed by atoms with Crippen molar-refractivity contribution in [2.24, 2.45) is 0 Å². The molecule has 0 saturated heterocycles. The molecular weight excluding hydrogens is 349 g/mol. The van der Waals surface area contributed by atoms with Gasteiger partial charge in [-0.25, -0.2) is 0 Å². The van der Waals surface area contributed by atoms with Gasteiger partial charge in [0.1, 0.15) is 11.5 Å². The second-order valence-electron chi connectivity index (χ2n) is 7.21. The minimum atomic E-state index is -0.940. The Morgan fingerprint density at radius 1 is 0.750 bits per heavy atom. The standard InChI is InChI=1S/C23H25BNO3/c1-5-19-16-17-23(22(18-19)25(2,3)4)28-24(26-20-12-8-6-9-13-20)27-21-14-10-7-11-15-21/h5-18H,1H2,2-4H3/q+1. The largest absolute Gasteiger partial charge is 0.864 e. The number of para-hydroxylation sites is 2. The van der Waals surface area contributed by atoms with Crippen molar-refractivity contribution in [3.8, 4) is 17.2 Å². The summed E-state index contributed by atoms with van der Waals surface area (Å²) in [7, 11) is 5.31. The smallest absolute Gasteiger partial charge is 0.490 e. The summed E-state index contributed by atoms with van der Waals surface area (Å²) in [6, 6.07) is 24.9. The van der Waals surface area contributed by atoms with Gasteiger partial charge in [0, 0.05) is 6.07 Å². The van der Waals surface area contributed by atoms with Crippen molar-refractivity contribution < 1.29 is 14.0 Å². The maximum atomic E-state index is 6.19. The number of hydrogen-bond donors (Lipinski definition) is 0. The third-order valence-corrected chi connectivity index (χ3v) is 4.12. The molecule has 0 spiro atoms. The molecule has 0 N–H and O–H groups in total. The Balaban J connectivity index is 1.91. The van der Waals surface area contributed by atoms with Crippen LogP contribution in [0.2, 0.25) is 0 Å². The summed E-state index contributed by atoms with van der Waals surface area (Å²) < 4.78 is 18.7. The molecule has 0 amide bonds. The first-order valence-corrected chi connectivity index (χ1v) is 9.14. The predicted molar refractivity (Wildman–Crippen MR) is 117 cm³/mol. The minimum absolute atomic E-state index is 0.584. The average Bonchev–Trinajstić information content (AvgIpc) is 2.69. The van der Waals surface area contributed by atoms with Crippen LogP contribution >= 0.6 is 0 Å². The van der Waals surface area contributed by atoms with Crippen LogP contribution in [0.1, 0.15) is 5.56 Å². The van der Waals surface area contributed by atoms with Crippen molar-refractivity contribution in [1.82, 2.24) is 4.48 Å². The highest BCUT2D eigenvalue weighted by Gasteiger charge is 2.33. The fraction of sp³-hybridized carbons (Fsp3) is 0.130. The highest BCUT2D eigenvalue weighted by Crippen LogP contribution is 2.32. The van der Waals surface area contributed by atoms with E-state index in [9.17, 15) is 0 Å². The molecule has 0 atom stereocenters. The lowest BCUT2D eigenvalue weighted by Crippen LogP contribution is -2.39. The van der Waals surface area contributed by atoms with Gasteiger partial charge in [-0.1, -0.05) is 55.1 Å². The van der Waals surface area contributed by atoms with E-state index >= 15 is 0 Å². The molecule has 5 heteroatoms. The summed E-state index contributed by atoms with van der Waals surface area (Å²) in [5, 5.41) is 0. The molecule has 142 valence electrons. The Hall–Kier alpha value is -3.18. The van der Waals surface area contributed by atoms with E-state index in [0.717, 1.165) is 11.3 Å². The molecule has 3 aromatic rings. The Bertz CT molecular complexity index is 867. The number of quaternary nitrogens is 1. The zero-order valence-corrected chi connectivity index (χ0v) is 16.5. The van der Waals surface area contributed by atoms with E-state index in [0.29, 0.717) is 21.7 Å². The van der Waals surface area contributed by atoms with Gasteiger partial charge in [-0.15, -0.1) is 0 Å². The lowest BCUT2D eigenvalue weighted by Gasteiger charge is -2.27. The molecule has 0 bridgehead atoms. The van der Waals surface area contributed by atoms with Crippen LogP contribution in [0.25, 0.3) is 6.08 Å². The van der Waals surface area contributed by atoms with Gasteiger partial charge < -0.3 is 14.0 Å². The fourth-order valence-corrected chi connectivity index (χ4v) is 2.68. The molecule has 28 heavy (non-hydrogen) atoms. The van der Waals surface area contributed by atoms with E-state index in [1.165, 1.54) is 0 Å². The first-order chi connectivity index (χ1) is 13.5. The fourth-order valence-electron chi connectivity index (χ4n) is 2.68. The number of hydrogen-bond acceptors (Lipinski definition) is 3. The van der Waals surface area contributed by atoms with E-state index in [2.05, 4.69) is 33.8 Å². The zero-order chi connectivity index (χ0) is 20.0. The predicted octanol–water partition coefficient (Wildman–Crippen LogP) is 5.05. The molecule has 0 aromatic heterocycles. The van der Waals surface area contributed by atoms with Gasteiger partial charge in [0.15, 0.2) is 11.4 Å². The second-order valence-corrected chi connectivity index (χ2v) is 7.21. The van der Waals surface area contributed by atoms with Crippen LogP contribution in [0.4, 0.5) is 5.69 Å². The van der Waals surface area contributed by atoms with Crippen LogP contribution in [0.5, 0.6) is 17.2 Å². The highest BCUT2D eigenvalue weighted by molar-refractivity contribution is 6.39. The molecular formula is C23H25BNO3+. The number of benzene rings is 3. The van der Waals surface area contributed by atoms with Crippen molar-refractivity contribution >= 4 is 19.1 Å². The third-order valence-electron chi connectivity index (χ3n) is 4.12. The van der Waals surface area contributed by atoms with Gasteiger partial charge >= 0.3 is 7.32 Å². The molecule has 0 aliphatic carbocycles. The molecule has 3 aromatic carbocycles. The van der Waals surface area contributed by atoms with Crippen molar-refractivity contribution in [2.75, 3.05) is 21.1 Å². The highest BCUT2D eigenvalue weighted by atomic mass is 16.7. The van der Waals surface area contributed by atoms with Crippen molar-refractivity contribution in [1.29, 1.82) is 0 Å². The van der Waals surface area contributed by atoms with Crippen LogP contribution in [-0.4, -0.2) is 28.5 Å². The molecule has 0 heterocycles. The topological polar surface area (TPSA) is 27.7 Å². The Labute approximate surface area is 167 Å². The summed E-state index contributed by atoms with van der Waals surface area (Å²) in [5.41, 5.74) is 2.02. The molecule has 0 radical (unpaired) electrons. The van der Waals surface area contributed by atoms with E-state index in [1.807, 2.05) is 78.9 Å². The average molecular weight is 374 g/mol. The third kappa shape index (κ3) is 5.18. The monoisotopic (exact) mass is 374 g/mol. The summed E-state index contributed by atoms with van der Waals surface area (Å²) in [6.07, 6.45) is 1.82. The maximum Gasteiger partial charge on any atom is 0.864 e. The molecule has 4 nitrogen and oxygen atoms in total. The van der Waals surface area contributed by atoms with Gasteiger partial charge in [0.05, 0.1) is 21.1 Å². The zero-order valence-electron chi connectivity index (χ0n) is 16.5. The summed E-state index contributed by atoms with van der Waals surface area (Å²) >= 11 is 0. The van der Waals surface area contributed by atoms with Gasteiger partial charge in [-0.2, -0.15) is 0 Å². The van der Waals surface area contributed by atoms with Gasteiger partial charge in [0.2, 0.25) is 0 Å². The lowest BCUT2D eigenvalue weighted by molar-refractivity contribution is 0.304. The van der Waals surface area contributed by atoms with E-state index in [4.69, 9.17) is 14.0 Å². The number of rotatable bonds is 8. The van der Waals surface area contributed by atoms with Gasteiger partial charge in [0.25, 0.3) is 0 Å². The summed E-state index contributed by atoms with van der Waals surface area (Å²) in [5.74, 6) is 2.02. The van der Waals surface area contributed by atoms with Crippen LogP contribution < -0.4 is 18.4 Å². The quantitative estimate of drug-likeness (QED) is 0.408. The minimum Gasteiger partial charge on any atom is -0.490 e. The summed E-state index contributed by atoms with van der Waals surface area (Å²) in [6.45, 7) is 3.86. The Morgan fingerprint density at radius 2 is 1.29 bits per heavy atom. The van der Waals surface area contributed by atoms with Crippen molar-refractivity contribution in [3.63, 3.8) is 0 Å². The SMILES string of the molecule is C=Cc1ccc(OB(Oc2ccccc2)Oc2ccccc2)c([N+](C)(C)C)c1. The molecule has 0 aliphatic heterocycles. The van der Waals surface area contributed by atoms with Gasteiger partial charge in [-0.3, -0.25) is 4.48 Å². The lowest BCUT2D eigenvalue weighted by atomic mass is 10.1. The van der Waals surface area contributed by atoms with Crippen LogP contribution in [0, 0.1) is 0 Å². The molecule has 0 unspecified atom stereocenters. The van der Waals surface area contributed by atoms with Crippen molar-refractivity contribution in [2.45, 2.75) is 0 Å². The van der Waals surface area contributed by atoms with Gasteiger partial charge in [-0.05, 0) is 35.9 Å². The van der Waals surface area contributed by atoms with Crippen LogP contribution in [0.15, 0.2) is 85.4 Å². The number of nitrogens with zero attached hydrogens (tertiary/aromatic N) is 1.